The van der Waals surface area contributed by atoms with Gasteiger partial charge in [-0.05, 0) is 58.9 Å². The van der Waals surface area contributed by atoms with E-state index in [4.69, 9.17) is 0 Å². The molecule has 14 heavy (non-hydrogen) atoms. The molecular formula is C14H18. The molecule has 74 valence electrons. The van der Waals surface area contributed by atoms with Crippen LogP contribution in [-0.2, 0) is 31.1 Å². The number of aryl methyl sites for hydroxylation is 2. The van der Waals surface area contributed by atoms with Crippen LogP contribution in [0.5, 0.6) is 0 Å². The van der Waals surface area contributed by atoms with Crippen molar-refractivity contribution in [3.05, 3.63) is 33.9 Å². The Hall–Kier alpha value is -0.780. The van der Waals surface area contributed by atoms with Gasteiger partial charge in [-0.2, -0.15) is 0 Å². The molecule has 0 unspecified atom stereocenters. The summed E-state index contributed by atoms with van der Waals surface area (Å²) in [7, 11) is 0. The zero-order chi connectivity index (χ0) is 9.92. The van der Waals surface area contributed by atoms with E-state index in [1.54, 1.807) is 27.8 Å². The van der Waals surface area contributed by atoms with E-state index in [-0.39, 0.29) is 0 Å². The first-order chi connectivity index (χ1) is 6.57. The van der Waals surface area contributed by atoms with Crippen molar-refractivity contribution in [1.29, 1.82) is 0 Å². The molecule has 0 fully saturated rings. The molecule has 0 saturated heterocycles. The summed E-state index contributed by atoms with van der Waals surface area (Å²) >= 11 is 0. The van der Waals surface area contributed by atoms with Crippen molar-refractivity contribution in [3.63, 3.8) is 0 Å². The minimum atomic E-state index is 0.357. The lowest BCUT2D eigenvalue weighted by atomic mass is 9.67. The van der Waals surface area contributed by atoms with Crippen molar-refractivity contribution >= 4 is 0 Å². The van der Waals surface area contributed by atoms with Gasteiger partial charge in [-0.3, -0.25) is 0 Å². The molecule has 0 aromatic heterocycles. The summed E-state index contributed by atoms with van der Waals surface area (Å²) in [5, 5.41) is 0. The zero-order valence-electron chi connectivity index (χ0n) is 9.41. The second-order valence-electron chi connectivity index (χ2n) is 5.78. The first kappa shape index (κ1) is 8.52. The van der Waals surface area contributed by atoms with Crippen LogP contribution in [0.25, 0.3) is 0 Å². The first-order valence-electron chi connectivity index (χ1n) is 5.74. The predicted octanol–water partition coefficient (Wildman–Crippen LogP) is 3.18. The van der Waals surface area contributed by atoms with Crippen molar-refractivity contribution in [1.82, 2.24) is 0 Å². The molecule has 0 heterocycles. The highest BCUT2D eigenvalue weighted by molar-refractivity contribution is 5.56. The Balaban J connectivity index is 2.27. The molecule has 0 heteroatoms. The van der Waals surface area contributed by atoms with Gasteiger partial charge in [0.1, 0.15) is 0 Å². The van der Waals surface area contributed by atoms with Crippen LogP contribution in [0.3, 0.4) is 0 Å². The third-order valence-corrected chi connectivity index (χ3v) is 3.77. The summed E-state index contributed by atoms with van der Waals surface area (Å²) in [6.07, 6.45) is 5.31. The van der Waals surface area contributed by atoms with Crippen molar-refractivity contribution in [2.75, 3.05) is 0 Å². The van der Waals surface area contributed by atoms with Crippen LogP contribution in [0.4, 0.5) is 0 Å². The molecule has 0 nitrogen and oxygen atoms in total. The Morgan fingerprint density at radius 2 is 1.36 bits per heavy atom. The largest absolute Gasteiger partial charge is 0.0561 e. The second-order valence-corrected chi connectivity index (χ2v) is 5.78. The molecule has 0 atom stereocenters. The molecular weight excluding hydrogens is 168 g/mol. The van der Waals surface area contributed by atoms with Crippen LogP contribution >= 0.6 is 0 Å². The quantitative estimate of drug-likeness (QED) is 0.584. The Bertz CT molecular complexity index is 375. The Morgan fingerprint density at radius 1 is 0.857 bits per heavy atom. The van der Waals surface area contributed by atoms with E-state index in [0.29, 0.717) is 5.41 Å². The number of hydrogen-bond acceptors (Lipinski definition) is 0. The van der Waals surface area contributed by atoms with E-state index in [0.717, 1.165) is 0 Å². The lowest BCUT2D eigenvalue weighted by Gasteiger charge is -2.37. The maximum absolute atomic E-state index is 2.47. The fraction of sp³-hybridized carbons (Fsp3) is 0.571. The van der Waals surface area contributed by atoms with Crippen LogP contribution < -0.4 is 0 Å². The van der Waals surface area contributed by atoms with Gasteiger partial charge in [0, 0.05) is 0 Å². The lowest BCUT2D eigenvalue weighted by molar-refractivity contribution is 0.553. The van der Waals surface area contributed by atoms with E-state index >= 15 is 0 Å². The van der Waals surface area contributed by atoms with E-state index in [9.17, 15) is 0 Å². The molecule has 0 aliphatic heterocycles. The van der Waals surface area contributed by atoms with Crippen LogP contribution in [0.2, 0.25) is 0 Å². The van der Waals surface area contributed by atoms with Crippen LogP contribution in [-0.4, -0.2) is 0 Å². The summed E-state index contributed by atoms with van der Waals surface area (Å²) in [6, 6.07) is 2.47. The average Bonchev–Trinajstić information content (AvgIpc) is 1.95. The summed E-state index contributed by atoms with van der Waals surface area (Å²) in [5.41, 5.74) is 8.73. The SMILES string of the molecule is CC(C)(C)c1c2c(cc3c1CC3)CC2. The molecule has 3 rings (SSSR count). The average molecular weight is 186 g/mol. The predicted molar refractivity (Wildman–Crippen MR) is 60.0 cm³/mol. The van der Waals surface area contributed by atoms with Gasteiger partial charge in [-0.25, -0.2) is 0 Å². The summed E-state index contributed by atoms with van der Waals surface area (Å²) < 4.78 is 0. The van der Waals surface area contributed by atoms with Gasteiger partial charge in [-0.1, -0.05) is 26.8 Å². The highest BCUT2D eigenvalue weighted by Gasteiger charge is 2.32. The van der Waals surface area contributed by atoms with E-state index in [2.05, 4.69) is 26.8 Å². The summed E-state index contributed by atoms with van der Waals surface area (Å²) in [4.78, 5) is 0. The first-order valence-corrected chi connectivity index (χ1v) is 5.74. The maximum Gasteiger partial charge on any atom is -0.0126 e. The monoisotopic (exact) mass is 186 g/mol. The Labute approximate surface area is 86.3 Å². The van der Waals surface area contributed by atoms with Crippen LogP contribution in [0.15, 0.2) is 6.07 Å². The molecule has 0 saturated carbocycles. The van der Waals surface area contributed by atoms with Crippen molar-refractivity contribution < 1.29 is 0 Å². The molecule has 0 amide bonds. The lowest BCUT2D eigenvalue weighted by Crippen LogP contribution is -2.28. The van der Waals surface area contributed by atoms with Crippen LogP contribution in [0, 0.1) is 0 Å². The standard InChI is InChI=1S/C14H18/c1-14(2,3)13-11-6-4-9(11)8-10-5-7-12(10)13/h8H,4-7H2,1-3H3. The third kappa shape index (κ3) is 0.945. The number of fused-ring (bicyclic) bond motifs is 2. The van der Waals surface area contributed by atoms with E-state index < -0.39 is 0 Å². The number of rotatable bonds is 0. The minimum absolute atomic E-state index is 0.357. The normalized spacial score (nSPS) is 17.9. The van der Waals surface area contributed by atoms with E-state index in [1.165, 1.54) is 25.7 Å². The van der Waals surface area contributed by atoms with Crippen molar-refractivity contribution in [2.45, 2.75) is 51.9 Å². The number of hydrogen-bond donors (Lipinski definition) is 0. The molecule has 1 aromatic rings. The Kier molecular flexibility index (Phi) is 1.47. The molecule has 2 aliphatic carbocycles. The second kappa shape index (κ2) is 2.42. The smallest absolute Gasteiger partial charge is 0.0126 e. The molecule has 2 aliphatic rings. The topological polar surface area (TPSA) is 0 Å². The van der Waals surface area contributed by atoms with Gasteiger partial charge >= 0.3 is 0 Å². The van der Waals surface area contributed by atoms with Gasteiger partial charge < -0.3 is 0 Å². The van der Waals surface area contributed by atoms with E-state index in [1.807, 2.05) is 0 Å². The molecule has 0 N–H and O–H groups in total. The summed E-state index contributed by atoms with van der Waals surface area (Å²) in [5.74, 6) is 0. The van der Waals surface area contributed by atoms with Gasteiger partial charge in [-0.15, -0.1) is 0 Å². The van der Waals surface area contributed by atoms with Crippen LogP contribution in [0.1, 0.15) is 48.6 Å². The third-order valence-electron chi connectivity index (χ3n) is 3.77. The highest BCUT2D eigenvalue weighted by Crippen LogP contribution is 2.42. The van der Waals surface area contributed by atoms with Crippen molar-refractivity contribution in [2.24, 2.45) is 0 Å². The fourth-order valence-electron chi connectivity index (χ4n) is 2.98. The maximum atomic E-state index is 2.47. The van der Waals surface area contributed by atoms with Gasteiger partial charge in [0.2, 0.25) is 0 Å². The molecule has 0 radical (unpaired) electrons. The Morgan fingerprint density at radius 3 is 1.64 bits per heavy atom. The van der Waals surface area contributed by atoms with Gasteiger partial charge in [0.25, 0.3) is 0 Å². The van der Waals surface area contributed by atoms with Gasteiger partial charge in [0.15, 0.2) is 0 Å². The molecule has 0 bridgehead atoms. The number of benzene rings is 1. The fourth-order valence-corrected chi connectivity index (χ4v) is 2.98. The minimum Gasteiger partial charge on any atom is -0.0561 e. The van der Waals surface area contributed by atoms with Crippen molar-refractivity contribution in [3.8, 4) is 0 Å². The molecule has 1 aromatic carbocycles. The highest BCUT2D eigenvalue weighted by atomic mass is 14.4. The van der Waals surface area contributed by atoms with Gasteiger partial charge in [0.05, 0.1) is 0 Å². The zero-order valence-corrected chi connectivity index (χ0v) is 9.41. The molecule has 0 spiro atoms. The summed E-state index contributed by atoms with van der Waals surface area (Å²) in [6.45, 7) is 7.08.